The summed E-state index contributed by atoms with van der Waals surface area (Å²) in [7, 11) is 1.14. The SMILES string of the molecule is COc1ccc(C(=O)N2CCn3cccc3[C@@H]2c2ccccc2F)cc1C(F)(F)F. The maximum atomic E-state index is 14.6. The summed E-state index contributed by atoms with van der Waals surface area (Å²) in [6, 6.07) is 12.1. The number of fused-ring (bicyclic) bond motifs is 1. The van der Waals surface area contributed by atoms with E-state index in [1.807, 2.05) is 10.8 Å². The lowest BCUT2D eigenvalue weighted by Crippen LogP contribution is -2.42. The molecule has 1 aliphatic heterocycles. The predicted molar refractivity (Wildman–Crippen MR) is 102 cm³/mol. The molecule has 1 aliphatic rings. The van der Waals surface area contributed by atoms with E-state index in [1.54, 1.807) is 30.3 Å². The number of aromatic nitrogens is 1. The van der Waals surface area contributed by atoms with Gasteiger partial charge in [0.15, 0.2) is 0 Å². The lowest BCUT2D eigenvalue weighted by Gasteiger charge is -2.37. The van der Waals surface area contributed by atoms with Crippen LogP contribution in [-0.4, -0.2) is 29.0 Å². The molecule has 1 aromatic heterocycles. The van der Waals surface area contributed by atoms with Crippen LogP contribution in [0.3, 0.4) is 0 Å². The first kappa shape index (κ1) is 20.0. The Balaban J connectivity index is 1.79. The summed E-state index contributed by atoms with van der Waals surface area (Å²) in [5.74, 6) is -1.46. The molecule has 3 aromatic rings. The molecule has 0 fully saturated rings. The maximum Gasteiger partial charge on any atom is 0.419 e. The minimum absolute atomic E-state index is 0.135. The first-order chi connectivity index (χ1) is 14.3. The van der Waals surface area contributed by atoms with E-state index in [9.17, 15) is 22.4 Å². The Bertz CT molecular complexity index is 1090. The van der Waals surface area contributed by atoms with Gasteiger partial charge in [0.05, 0.1) is 12.7 Å². The third-order valence-corrected chi connectivity index (χ3v) is 5.25. The zero-order chi connectivity index (χ0) is 21.5. The van der Waals surface area contributed by atoms with Crippen LogP contribution in [0.4, 0.5) is 17.6 Å². The Morgan fingerprint density at radius 1 is 1.07 bits per heavy atom. The van der Waals surface area contributed by atoms with Crippen molar-refractivity contribution in [2.24, 2.45) is 0 Å². The third-order valence-electron chi connectivity index (χ3n) is 5.25. The lowest BCUT2D eigenvalue weighted by molar-refractivity contribution is -0.138. The number of carbonyl (C=O) groups excluding carboxylic acids is 1. The number of hydrogen-bond acceptors (Lipinski definition) is 2. The van der Waals surface area contributed by atoms with E-state index in [1.165, 1.54) is 17.0 Å². The number of ether oxygens (including phenoxy) is 1. The number of rotatable bonds is 3. The Hall–Kier alpha value is -3.29. The van der Waals surface area contributed by atoms with Crippen molar-refractivity contribution in [1.29, 1.82) is 0 Å². The van der Waals surface area contributed by atoms with Gasteiger partial charge in [-0.2, -0.15) is 13.2 Å². The van der Waals surface area contributed by atoms with E-state index in [2.05, 4.69) is 0 Å². The monoisotopic (exact) mass is 418 g/mol. The molecular formula is C22H18F4N2O2. The van der Waals surface area contributed by atoms with Gasteiger partial charge in [0.2, 0.25) is 0 Å². The van der Waals surface area contributed by atoms with Gasteiger partial charge in [-0.1, -0.05) is 18.2 Å². The fraction of sp³-hybridized carbons (Fsp3) is 0.227. The molecular weight excluding hydrogens is 400 g/mol. The van der Waals surface area contributed by atoms with Gasteiger partial charge in [-0.25, -0.2) is 4.39 Å². The minimum atomic E-state index is -4.68. The molecule has 0 spiro atoms. The normalized spacial score (nSPS) is 16.3. The highest BCUT2D eigenvalue weighted by atomic mass is 19.4. The third kappa shape index (κ3) is 3.42. The van der Waals surface area contributed by atoms with Crippen molar-refractivity contribution < 1.29 is 27.1 Å². The van der Waals surface area contributed by atoms with Crippen molar-refractivity contribution in [2.75, 3.05) is 13.7 Å². The van der Waals surface area contributed by atoms with E-state index >= 15 is 0 Å². The van der Waals surface area contributed by atoms with Crippen LogP contribution in [0.15, 0.2) is 60.8 Å². The van der Waals surface area contributed by atoms with Crippen LogP contribution in [0.25, 0.3) is 0 Å². The first-order valence-corrected chi connectivity index (χ1v) is 9.27. The Kier molecular flexibility index (Phi) is 5.01. The summed E-state index contributed by atoms with van der Waals surface area (Å²) >= 11 is 0. The van der Waals surface area contributed by atoms with E-state index in [-0.39, 0.29) is 23.4 Å². The smallest absolute Gasteiger partial charge is 0.419 e. The van der Waals surface area contributed by atoms with Crippen LogP contribution in [0, 0.1) is 5.82 Å². The second-order valence-electron chi connectivity index (χ2n) is 6.96. The number of alkyl halides is 3. The average molecular weight is 418 g/mol. The van der Waals surface area contributed by atoms with E-state index < -0.39 is 29.5 Å². The van der Waals surface area contributed by atoms with Gasteiger partial charge >= 0.3 is 6.18 Å². The van der Waals surface area contributed by atoms with Crippen molar-refractivity contribution in [2.45, 2.75) is 18.8 Å². The molecule has 8 heteroatoms. The minimum Gasteiger partial charge on any atom is -0.496 e. The molecule has 0 saturated heterocycles. The average Bonchev–Trinajstić information content (AvgIpc) is 3.21. The number of amides is 1. The molecule has 4 rings (SSSR count). The highest BCUT2D eigenvalue weighted by Crippen LogP contribution is 2.38. The van der Waals surface area contributed by atoms with Gasteiger partial charge < -0.3 is 14.2 Å². The summed E-state index contributed by atoms with van der Waals surface area (Å²) < 4.78 is 61.6. The van der Waals surface area contributed by atoms with Crippen LogP contribution in [-0.2, 0) is 12.7 Å². The lowest BCUT2D eigenvalue weighted by atomic mass is 9.98. The molecule has 0 unspecified atom stereocenters. The van der Waals surface area contributed by atoms with Gasteiger partial charge in [0.1, 0.15) is 17.6 Å². The van der Waals surface area contributed by atoms with E-state index in [4.69, 9.17) is 4.74 Å². The molecule has 30 heavy (non-hydrogen) atoms. The second-order valence-corrected chi connectivity index (χ2v) is 6.96. The molecule has 2 heterocycles. The van der Waals surface area contributed by atoms with Crippen LogP contribution >= 0.6 is 0 Å². The van der Waals surface area contributed by atoms with Gasteiger partial charge in [0, 0.05) is 36.1 Å². The topological polar surface area (TPSA) is 34.5 Å². The van der Waals surface area contributed by atoms with E-state index in [0.717, 1.165) is 19.2 Å². The van der Waals surface area contributed by atoms with Crippen LogP contribution in [0.1, 0.15) is 33.2 Å². The summed E-state index contributed by atoms with van der Waals surface area (Å²) in [5, 5.41) is 0. The number of benzene rings is 2. The number of nitrogens with zero attached hydrogens (tertiary/aromatic N) is 2. The van der Waals surface area contributed by atoms with Gasteiger partial charge in [-0.05, 0) is 36.4 Å². The molecule has 0 radical (unpaired) electrons. The van der Waals surface area contributed by atoms with Crippen molar-refractivity contribution in [3.63, 3.8) is 0 Å². The molecule has 156 valence electrons. The number of hydrogen-bond donors (Lipinski definition) is 0. The van der Waals surface area contributed by atoms with Crippen molar-refractivity contribution >= 4 is 5.91 Å². The molecule has 0 N–H and O–H groups in total. The van der Waals surface area contributed by atoms with Gasteiger partial charge in [-0.15, -0.1) is 0 Å². The molecule has 1 amide bonds. The van der Waals surface area contributed by atoms with Crippen LogP contribution in [0.2, 0.25) is 0 Å². The number of halogens is 4. The predicted octanol–water partition coefficient (Wildman–Crippen LogP) is 4.90. The van der Waals surface area contributed by atoms with Crippen LogP contribution < -0.4 is 4.74 Å². The number of carbonyl (C=O) groups is 1. The Morgan fingerprint density at radius 3 is 2.53 bits per heavy atom. The van der Waals surface area contributed by atoms with Gasteiger partial charge in [-0.3, -0.25) is 4.79 Å². The Labute approximate surface area is 170 Å². The first-order valence-electron chi connectivity index (χ1n) is 9.27. The molecule has 0 saturated carbocycles. The molecule has 2 aromatic carbocycles. The van der Waals surface area contributed by atoms with E-state index in [0.29, 0.717) is 12.2 Å². The fourth-order valence-electron chi connectivity index (χ4n) is 3.85. The largest absolute Gasteiger partial charge is 0.496 e. The summed E-state index contributed by atoms with van der Waals surface area (Å²) in [4.78, 5) is 14.7. The fourth-order valence-corrected chi connectivity index (χ4v) is 3.85. The second kappa shape index (κ2) is 7.51. The van der Waals surface area contributed by atoms with Gasteiger partial charge in [0.25, 0.3) is 5.91 Å². The summed E-state index contributed by atoms with van der Waals surface area (Å²) in [5.41, 5.74) is -0.178. The molecule has 0 bridgehead atoms. The Morgan fingerprint density at radius 2 is 1.83 bits per heavy atom. The summed E-state index contributed by atoms with van der Waals surface area (Å²) in [6.45, 7) is 0.689. The zero-order valence-corrected chi connectivity index (χ0v) is 16.0. The van der Waals surface area contributed by atoms with Crippen molar-refractivity contribution in [3.8, 4) is 5.75 Å². The standard InChI is InChI=1S/C22H18F4N2O2/c1-30-19-9-8-14(13-16(19)22(24,25)26)21(29)28-12-11-27-10-4-7-18(27)20(28)15-5-2-3-6-17(15)23/h2-10,13,20H,11-12H2,1H3/t20-/m0/s1. The zero-order valence-electron chi connectivity index (χ0n) is 16.0. The maximum absolute atomic E-state index is 14.6. The summed E-state index contributed by atoms with van der Waals surface area (Å²) in [6.07, 6.45) is -2.84. The quantitative estimate of drug-likeness (QED) is 0.567. The molecule has 4 nitrogen and oxygen atoms in total. The van der Waals surface area contributed by atoms with Crippen molar-refractivity contribution in [3.05, 3.63) is 89.0 Å². The molecule has 0 aliphatic carbocycles. The molecule has 1 atom stereocenters. The number of methoxy groups -OCH3 is 1. The highest BCUT2D eigenvalue weighted by Gasteiger charge is 2.37. The van der Waals surface area contributed by atoms with Crippen molar-refractivity contribution in [1.82, 2.24) is 9.47 Å². The highest BCUT2D eigenvalue weighted by molar-refractivity contribution is 5.95. The van der Waals surface area contributed by atoms with Crippen LogP contribution in [0.5, 0.6) is 5.75 Å².